The first-order valence-electron chi connectivity index (χ1n) is 6.19. The lowest BCUT2D eigenvalue weighted by molar-refractivity contribution is -0.137. The number of hydrogen-bond donors (Lipinski definition) is 2. The maximum atomic E-state index is 11.4. The van der Waals surface area contributed by atoms with Gasteiger partial charge in [0.05, 0.1) is 6.42 Å². The van der Waals surface area contributed by atoms with E-state index in [1.165, 1.54) is 0 Å². The summed E-state index contributed by atoms with van der Waals surface area (Å²) >= 11 is 0. The van der Waals surface area contributed by atoms with Crippen LogP contribution in [0.5, 0.6) is 0 Å². The minimum Gasteiger partial charge on any atom is -0.481 e. The van der Waals surface area contributed by atoms with E-state index < -0.39 is 5.97 Å². The SMILES string of the molecule is CCCN(CCC(=O)O)CCC(=O)NC(C)C. The first kappa shape index (κ1) is 15.9. The summed E-state index contributed by atoms with van der Waals surface area (Å²) in [5.41, 5.74) is 0. The van der Waals surface area contributed by atoms with Gasteiger partial charge in [-0.05, 0) is 26.8 Å². The normalized spacial score (nSPS) is 10.9. The fraction of sp³-hybridized carbons (Fsp3) is 0.833. The Balaban J connectivity index is 3.90. The van der Waals surface area contributed by atoms with Crippen molar-refractivity contribution in [1.82, 2.24) is 10.2 Å². The highest BCUT2D eigenvalue weighted by Gasteiger charge is 2.09. The Labute approximate surface area is 103 Å². The molecule has 0 aliphatic rings. The van der Waals surface area contributed by atoms with Crippen molar-refractivity contribution in [2.45, 2.75) is 46.1 Å². The number of carboxylic acids is 1. The third-order valence-electron chi connectivity index (χ3n) is 2.29. The lowest BCUT2D eigenvalue weighted by atomic mass is 10.3. The highest BCUT2D eigenvalue weighted by atomic mass is 16.4. The van der Waals surface area contributed by atoms with Crippen molar-refractivity contribution in [2.24, 2.45) is 0 Å². The van der Waals surface area contributed by atoms with Gasteiger partial charge in [-0.25, -0.2) is 0 Å². The Kier molecular flexibility index (Phi) is 8.40. The fourth-order valence-corrected chi connectivity index (χ4v) is 1.56. The quantitative estimate of drug-likeness (QED) is 0.637. The van der Waals surface area contributed by atoms with Crippen molar-refractivity contribution in [3.8, 4) is 0 Å². The summed E-state index contributed by atoms with van der Waals surface area (Å²) in [5, 5.41) is 11.4. The van der Waals surface area contributed by atoms with Gasteiger partial charge in [0.2, 0.25) is 5.91 Å². The molecule has 2 N–H and O–H groups in total. The second-order valence-electron chi connectivity index (χ2n) is 4.46. The molecule has 0 aromatic heterocycles. The van der Waals surface area contributed by atoms with E-state index in [0.29, 0.717) is 19.5 Å². The molecule has 5 nitrogen and oxygen atoms in total. The number of hydrogen-bond acceptors (Lipinski definition) is 3. The third kappa shape index (κ3) is 9.81. The predicted octanol–water partition coefficient (Wildman–Crippen LogP) is 1.09. The van der Waals surface area contributed by atoms with Gasteiger partial charge in [0.25, 0.3) is 0 Å². The molecule has 0 spiro atoms. The molecule has 0 fully saturated rings. The molecule has 0 aliphatic carbocycles. The third-order valence-corrected chi connectivity index (χ3v) is 2.29. The van der Waals surface area contributed by atoms with Crippen LogP contribution in [0.25, 0.3) is 0 Å². The standard InChI is InChI=1S/C12H24N2O3/c1-4-7-14(9-6-12(16)17)8-5-11(15)13-10(2)3/h10H,4-9H2,1-3H3,(H,13,15)(H,16,17). The van der Waals surface area contributed by atoms with E-state index in [4.69, 9.17) is 5.11 Å². The van der Waals surface area contributed by atoms with Gasteiger partial charge in [-0.1, -0.05) is 6.92 Å². The van der Waals surface area contributed by atoms with Gasteiger partial charge < -0.3 is 15.3 Å². The number of carbonyl (C=O) groups excluding carboxylic acids is 1. The topological polar surface area (TPSA) is 69.6 Å². The molecule has 17 heavy (non-hydrogen) atoms. The van der Waals surface area contributed by atoms with Crippen LogP contribution < -0.4 is 5.32 Å². The Hall–Kier alpha value is -1.10. The number of nitrogens with one attached hydrogen (secondary N) is 1. The van der Waals surface area contributed by atoms with Crippen molar-refractivity contribution >= 4 is 11.9 Å². The average Bonchev–Trinajstić information content (AvgIpc) is 2.21. The zero-order chi connectivity index (χ0) is 13.3. The molecule has 0 aromatic carbocycles. The molecular formula is C12H24N2O3. The van der Waals surface area contributed by atoms with Crippen LogP contribution in [0.2, 0.25) is 0 Å². The lowest BCUT2D eigenvalue weighted by Crippen LogP contribution is -2.35. The molecule has 0 atom stereocenters. The van der Waals surface area contributed by atoms with E-state index in [9.17, 15) is 9.59 Å². The first-order valence-corrected chi connectivity index (χ1v) is 6.19. The number of aliphatic carboxylic acids is 1. The van der Waals surface area contributed by atoms with E-state index >= 15 is 0 Å². The minimum absolute atomic E-state index is 0.0245. The van der Waals surface area contributed by atoms with Crippen molar-refractivity contribution < 1.29 is 14.7 Å². The molecule has 0 saturated carbocycles. The van der Waals surface area contributed by atoms with Crippen molar-refractivity contribution in [3.63, 3.8) is 0 Å². The van der Waals surface area contributed by atoms with Crippen molar-refractivity contribution in [1.29, 1.82) is 0 Å². The predicted molar refractivity (Wildman–Crippen MR) is 66.9 cm³/mol. The van der Waals surface area contributed by atoms with Gasteiger partial charge in [-0.3, -0.25) is 9.59 Å². The monoisotopic (exact) mass is 244 g/mol. The van der Waals surface area contributed by atoms with Crippen LogP contribution in [-0.4, -0.2) is 47.6 Å². The van der Waals surface area contributed by atoms with Crippen molar-refractivity contribution in [2.75, 3.05) is 19.6 Å². The molecule has 5 heteroatoms. The van der Waals surface area contributed by atoms with Crippen LogP contribution in [0.15, 0.2) is 0 Å². The minimum atomic E-state index is -0.794. The largest absolute Gasteiger partial charge is 0.481 e. The highest BCUT2D eigenvalue weighted by Crippen LogP contribution is 1.97. The molecule has 0 saturated heterocycles. The summed E-state index contributed by atoms with van der Waals surface area (Å²) in [7, 11) is 0. The van der Waals surface area contributed by atoms with Gasteiger partial charge in [0.1, 0.15) is 0 Å². The Morgan fingerprint density at radius 2 is 1.76 bits per heavy atom. The van der Waals surface area contributed by atoms with E-state index in [2.05, 4.69) is 5.32 Å². The number of carboxylic acid groups (broad SMARTS) is 1. The zero-order valence-electron chi connectivity index (χ0n) is 11.0. The molecule has 0 bridgehead atoms. The Bertz CT molecular complexity index is 242. The van der Waals surface area contributed by atoms with Gasteiger partial charge in [-0.2, -0.15) is 0 Å². The molecule has 1 amide bonds. The summed E-state index contributed by atoms with van der Waals surface area (Å²) in [6.45, 7) is 7.86. The molecule has 0 rings (SSSR count). The molecule has 0 radical (unpaired) electrons. The van der Waals surface area contributed by atoms with E-state index in [1.54, 1.807) is 0 Å². The number of amides is 1. The number of carbonyl (C=O) groups is 2. The van der Waals surface area contributed by atoms with E-state index in [-0.39, 0.29) is 18.4 Å². The first-order chi connectivity index (χ1) is 7.95. The second kappa shape index (κ2) is 8.98. The number of nitrogens with zero attached hydrogens (tertiary/aromatic N) is 1. The molecule has 100 valence electrons. The average molecular weight is 244 g/mol. The van der Waals surface area contributed by atoms with Crippen LogP contribution in [0, 0.1) is 0 Å². The summed E-state index contributed by atoms with van der Waals surface area (Å²) in [4.78, 5) is 24.0. The smallest absolute Gasteiger partial charge is 0.304 e. The van der Waals surface area contributed by atoms with Crippen LogP contribution in [0.4, 0.5) is 0 Å². The Morgan fingerprint density at radius 1 is 1.18 bits per heavy atom. The van der Waals surface area contributed by atoms with Gasteiger partial charge in [0.15, 0.2) is 0 Å². The zero-order valence-corrected chi connectivity index (χ0v) is 11.0. The van der Waals surface area contributed by atoms with Crippen molar-refractivity contribution in [3.05, 3.63) is 0 Å². The van der Waals surface area contributed by atoms with Crippen LogP contribution in [0.3, 0.4) is 0 Å². The van der Waals surface area contributed by atoms with Gasteiger partial charge in [0, 0.05) is 25.6 Å². The lowest BCUT2D eigenvalue weighted by Gasteiger charge is -2.20. The van der Waals surface area contributed by atoms with E-state index in [0.717, 1.165) is 13.0 Å². The highest BCUT2D eigenvalue weighted by molar-refractivity contribution is 5.76. The summed E-state index contributed by atoms with van der Waals surface area (Å²) < 4.78 is 0. The maximum absolute atomic E-state index is 11.4. The number of rotatable bonds is 9. The van der Waals surface area contributed by atoms with Gasteiger partial charge in [-0.15, -0.1) is 0 Å². The molecule has 0 aromatic rings. The second-order valence-corrected chi connectivity index (χ2v) is 4.46. The summed E-state index contributed by atoms with van der Waals surface area (Å²) in [6, 6.07) is 0.154. The molecule has 0 aliphatic heterocycles. The van der Waals surface area contributed by atoms with Gasteiger partial charge >= 0.3 is 5.97 Å². The van der Waals surface area contributed by atoms with E-state index in [1.807, 2.05) is 25.7 Å². The molecule has 0 heterocycles. The van der Waals surface area contributed by atoms with Crippen LogP contribution in [-0.2, 0) is 9.59 Å². The van der Waals surface area contributed by atoms with Crippen LogP contribution >= 0.6 is 0 Å². The molecule has 0 unspecified atom stereocenters. The summed E-state index contributed by atoms with van der Waals surface area (Å²) in [5.74, 6) is -0.769. The van der Waals surface area contributed by atoms with Crippen LogP contribution in [0.1, 0.15) is 40.0 Å². The maximum Gasteiger partial charge on any atom is 0.304 e. The molecular weight excluding hydrogens is 220 g/mol. The Morgan fingerprint density at radius 3 is 2.24 bits per heavy atom. The summed E-state index contributed by atoms with van der Waals surface area (Å²) in [6.07, 6.45) is 1.52. The fourth-order valence-electron chi connectivity index (χ4n) is 1.56.